The van der Waals surface area contributed by atoms with E-state index in [1.807, 2.05) is 36.4 Å². The zero-order valence-corrected chi connectivity index (χ0v) is 49.6. The summed E-state index contributed by atoms with van der Waals surface area (Å²) < 4.78 is 1.83. The van der Waals surface area contributed by atoms with Crippen LogP contribution in [0.1, 0.15) is 275 Å². The molecule has 0 spiro atoms. The van der Waals surface area contributed by atoms with Crippen molar-refractivity contribution in [3.05, 3.63) is 66.2 Å². The Kier molecular flexibility index (Phi) is 25.6. The molecule has 6 rings (SSSR count). The molecule has 2 aromatic carbocycles. The van der Waals surface area contributed by atoms with E-state index in [-0.39, 0.29) is 35.5 Å². The van der Waals surface area contributed by atoms with Crippen LogP contribution in [0.4, 0.5) is 0 Å². The van der Waals surface area contributed by atoms with Gasteiger partial charge in [-0.3, -0.25) is 29.0 Å². The highest BCUT2D eigenvalue weighted by Crippen LogP contribution is 2.49. The summed E-state index contributed by atoms with van der Waals surface area (Å²) in [6, 6.07) is 11.8. The maximum absolute atomic E-state index is 15.5. The van der Waals surface area contributed by atoms with E-state index in [1.54, 1.807) is 9.80 Å². The average Bonchev–Trinajstić information content (AvgIpc) is 4.02. The summed E-state index contributed by atoms with van der Waals surface area (Å²) in [5.74, 6) is -0.878. The summed E-state index contributed by atoms with van der Waals surface area (Å²) >= 11 is 10.4. The lowest BCUT2D eigenvalue weighted by Gasteiger charge is -2.36. The summed E-state index contributed by atoms with van der Waals surface area (Å²) in [5.41, 5.74) is 3.03. The van der Waals surface area contributed by atoms with Crippen molar-refractivity contribution in [3.63, 3.8) is 0 Å². The quantitative estimate of drug-likeness (QED) is 0.0331. The van der Waals surface area contributed by atoms with E-state index in [9.17, 15) is 0 Å². The van der Waals surface area contributed by atoms with Gasteiger partial charge in [-0.2, -0.15) is 0 Å². The lowest BCUT2D eigenvalue weighted by Crippen LogP contribution is -2.46. The van der Waals surface area contributed by atoms with Crippen LogP contribution < -0.4 is 0 Å². The fourth-order valence-corrected chi connectivity index (χ4v) is 14.3. The van der Waals surface area contributed by atoms with Gasteiger partial charge in [-0.1, -0.05) is 207 Å². The Hall–Kier alpha value is -2.66. The Labute approximate surface area is 459 Å². The molecule has 2 aliphatic rings. The second kappa shape index (κ2) is 31.4. The lowest BCUT2D eigenvalue weighted by atomic mass is 9.80. The van der Waals surface area contributed by atoms with Gasteiger partial charge in [-0.05, 0) is 106 Å². The SMILES string of the molecule is CCCCCCCCCCC(CCCCCCCC)CN1C(=O)c2cc(-c3ccc(Br)s3)c3c4c(cc(-c5ccc(Br)s5)c(c24)C1=O)C(=O)N(CC(CCCCCCCC)CCCCCCCCCC)C3=O. The highest BCUT2D eigenvalue weighted by atomic mass is 79.9. The number of imide groups is 2. The van der Waals surface area contributed by atoms with Crippen LogP contribution >= 0.6 is 54.5 Å². The van der Waals surface area contributed by atoms with Gasteiger partial charge in [0.1, 0.15) is 0 Å². The number of hydrogen-bond donors (Lipinski definition) is 0. The normalized spacial score (nSPS) is 14.4. The summed E-state index contributed by atoms with van der Waals surface area (Å²) in [4.78, 5) is 66.4. The Bertz CT molecular complexity index is 2190. The van der Waals surface area contributed by atoms with E-state index in [1.165, 1.54) is 177 Å². The van der Waals surface area contributed by atoms with Crippen molar-refractivity contribution in [2.24, 2.45) is 11.8 Å². The van der Waals surface area contributed by atoms with Crippen molar-refractivity contribution in [1.82, 2.24) is 9.80 Å². The van der Waals surface area contributed by atoms with Gasteiger partial charge in [0.25, 0.3) is 23.6 Å². The molecule has 2 unspecified atom stereocenters. The number of nitrogens with zero attached hydrogens (tertiary/aromatic N) is 2. The number of rotatable bonds is 38. The van der Waals surface area contributed by atoms with Crippen LogP contribution in [0.3, 0.4) is 0 Å². The molecule has 396 valence electrons. The molecule has 2 aliphatic heterocycles. The number of carbonyl (C=O) groups excluding carboxylic acids is 4. The van der Waals surface area contributed by atoms with Gasteiger partial charge in [0, 0.05) is 55.9 Å². The van der Waals surface area contributed by atoms with E-state index < -0.39 is 0 Å². The zero-order valence-electron chi connectivity index (χ0n) is 44.8. The molecule has 0 radical (unpaired) electrons. The predicted octanol–water partition coefficient (Wildman–Crippen LogP) is 20.8. The molecular weight excluding hydrogens is 1060 g/mol. The van der Waals surface area contributed by atoms with Crippen LogP contribution in [0.15, 0.2) is 44.0 Å². The summed E-state index contributed by atoms with van der Waals surface area (Å²) in [7, 11) is 0. The molecule has 0 fully saturated rings. The third-order valence-corrected chi connectivity index (χ3v) is 19.0. The van der Waals surface area contributed by atoms with Crippen LogP contribution in [0.2, 0.25) is 0 Å². The van der Waals surface area contributed by atoms with Gasteiger partial charge < -0.3 is 0 Å². The molecule has 6 nitrogen and oxygen atoms in total. The monoisotopic (exact) mass is 1150 g/mol. The number of amides is 4. The topological polar surface area (TPSA) is 74.8 Å². The van der Waals surface area contributed by atoms with Crippen LogP contribution in [-0.4, -0.2) is 46.5 Å². The second-order valence-corrected chi connectivity index (χ2v) is 26.4. The minimum Gasteiger partial charge on any atom is -0.274 e. The molecule has 2 atom stereocenters. The lowest BCUT2D eigenvalue weighted by molar-refractivity contribution is 0.0557. The zero-order chi connectivity index (χ0) is 51.2. The summed E-state index contributed by atoms with van der Waals surface area (Å²) in [6.45, 7) is 9.76. The van der Waals surface area contributed by atoms with E-state index in [4.69, 9.17) is 0 Å². The number of halogens is 2. The first-order chi connectivity index (χ1) is 35.1. The molecule has 10 heteroatoms. The van der Waals surface area contributed by atoms with Crippen molar-refractivity contribution in [1.29, 1.82) is 0 Å². The Morgan fingerprint density at radius 1 is 0.375 bits per heavy atom. The first-order valence-electron chi connectivity index (χ1n) is 29.0. The van der Waals surface area contributed by atoms with Crippen LogP contribution in [0.5, 0.6) is 0 Å². The fourth-order valence-electron chi connectivity index (χ4n) is 11.5. The molecule has 0 N–H and O–H groups in total. The van der Waals surface area contributed by atoms with Crippen LogP contribution in [-0.2, 0) is 0 Å². The van der Waals surface area contributed by atoms with Crippen LogP contribution in [0.25, 0.3) is 31.7 Å². The standard InChI is InChI=1S/C62H88Br2N2O4S2/c1-5-9-13-17-21-23-27-31-35-45(33-29-25-19-15-11-7-3)43-65-59(67)49-41-48(52-38-40-54(64)72-52)58-56-50(42-47(51-37-39-53(63)71-51)57(55(49)56)61(65)69)60(68)66(62(58)70)44-46(34-30-26-20-16-12-8-4)36-32-28-24-22-18-14-10-6-2/h37-42,45-46H,5-36,43-44H2,1-4H3. The minimum absolute atomic E-state index is 0.192. The van der Waals surface area contributed by atoms with Crippen molar-refractivity contribution in [3.8, 4) is 20.9 Å². The smallest absolute Gasteiger partial charge is 0.262 e. The van der Waals surface area contributed by atoms with E-state index in [0.717, 1.165) is 68.7 Å². The highest BCUT2D eigenvalue weighted by Gasteiger charge is 2.44. The van der Waals surface area contributed by atoms with E-state index >= 15 is 19.2 Å². The van der Waals surface area contributed by atoms with Gasteiger partial charge in [-0.15, -0.1) is 22.7 Å². The molecule has 0 saturated heterocycles. The highest BCUT2D eigenvalue weighted by molar-refractivity contribution is 9.11. The molecular formula is C62H88Br2N2O4S2. The van der Waals surface area contributed by atoms with Gasteiger partial charge in [0.2, 0.25) is 0 Å². The van der Waals surface area contributed by atoms with Crippen molar-refractivity contribution < 1.29 is 19.2 Å². The fraction of sp³-hybridized carbons (Fsp3) is 0.645. The molecule has 0 saturated carbocycles. The van der Waals surface area contributed by atoms with Crippen molar-refractivity contribution in [2.75, 3.05) is 13.1 Å². The van der Waals surface area contributed by atoms with E-state index in [2.05, 4.69) is 59.6 Å². The molecule has 2 aromatic heterocycles. The molecule has 72 heavy (non-hydrogen) atoms. The third kappa shape index (κ3) is 16.2. The largest absolute Gasteiger partial charge is 0.274 e. The Morgan fingerprint density at radius 3 is 0.917 bits per heavy atom. The Balaban J connectivity index is 1.37. The number of carbonyl (C=O) groups is 4. The van der Waals surface area contributed by atoms with Gasteiger partial charge in [0.15, 0.2) is 0 Å². The number of benzene rings is 2. The minimum atomic E-state index is -0.318. The molecule has 0 bridgehead atoms. The number of unbranched alkanes of at least 4 members (excludes halogenated alkanes) is 24. The van der Waals surface area contributed by atoms with Gasteiger partial charge >= 0.3 is 0 Å². The molecule has 4 amide bonds. The first-order valence-corrected chi connectivity index (χ1v) is 32.3. The number of hydrogen-bond acceptors (Lipinski definition) is 6. The van der Waals surface area contributed by atoms with Crippen LogP contribution in [0, 0.1) is 11.8 Å². The van der Waals surface area contributed by atoms with Crippen molar-refractivity contribution >= 4 is 88.9 Å². The first kappa shape index (κ1) is 58.6. The Morgan fingerprint density at radius 2 is 0.653 bits per heavy atom. The maximum Gasteiger partial charge on any atom is 0.262 e. The summed E-state index contributed by atoms with van der Waals surface area (Å²) in [6.07, 6.45) is 38.2. The molecule has 4 heterocycles. The average molecular weight is 1150 g/mol. The van der Waals surface area contributed by atoms with Crippen molar-refractivity contribution in [2.45, 2.75) is 233 Å². The van der Waals surface area contributed by atoms with Gasteiger partial charge in [0.05, 0.1) is 18.7 Å². The predicted molar refractivity (Wildman–Crippen MR) is 314 cm³/mol. The second-order valence-electron chi connectivity index (χ2n) is 21.5. The van der Waals surface area contributed by atoms with E-state index in [0.29, 0.717) is 57.2 Å². The number of thiophene rings is 2. The molecule has 0 aliphatic carbocycles. The maximum atomic E-state index is 15.5. The summed E-state index contributed by atoms with van der Waals surface area (Å²) in [5, 5.41) is 0.930. The molecule has 4 aromatic rings. The van der Waals surface area contributed by atoms with Gasteiger partial charge in [-0.25, -0.2) is 0 Å². The third-order valence-electron chi connectivity index (χ3n) is 15.7.